The third kappa shape index (κ3) is 7.66. The van der Waals surface area contributed by atoms with Gasteiger partial charge in [-0.05, 0) is 19.4 Å². The molecule has 0 aliphatic carbocycles. The Kier molecular flexibility index (Phi) is 13.1. The fourth-order valence-electron chi connectivity index (χ4n) is 0.751. The largest absolute Gasteiger partial charge is 1.00 e. The third-order valence-corrected chi connectivity index (χ3v) is 1.34. The second-order valence-electron chi connectivity index (χ2n) is 2.34. The van der Waals surface area contributed by atoms with Crippen LogP contribution in [0.1, 0.15) is 19.8 Å². The Balaban J connectivity index is 0. The Morgan fingerprint density at radius 1 is 1.67 bits per heavy atom. The van der Waals surface area contributed by atoms with Crippen LogP contribution < -0.4 is 61.8 Å². The van der Waals surface area contributed by atoms with Crippen molar-refractivity contribution >= 4 is 5.97 Å². The summed E-state index contributed by atoms with van der Waals surface area (Å²) in [5, 5.41) is 21.5. The van der Waals surface area contributed by atoms with Gasteiger partial charge in [-0.1, -0.05) is 6.92 Å². The van der Waals surface area contributed by atoms with Crippen LogP contribution in [0.25, 0.3) is 0 Å². The van der Waals surface area contributed by atoms with Gasteiger partial charge < -0.3 is 20.3 Å². The summed E-state index contributed by atoms with van der Waals surface area (Å²) in [4.78, 5) is 10.3. The number of aliphatic carboxylic acids is 1. The summed E-state index contributed by atoms with van der Waals surface area (Å²) in [5.41, 5.74) is 0. The SMILES string of the molecule is CCCN[C@@H](CCO)C(=O)[O-].[K+]. The molecule has 0 spiro atoms. The number of rotatable bonds is 6. The number of aliphatic hydroxyl groups is 1. The number of aliphatic hydroxyl groups excluding tert-OH is 1. The smallest absolute Gasteiger partial charge is 0.548 e. The van der Waals surface area contributed by atoms with Crippen LogP contribution in [0.3, 0.4) is 0 Å². The fourth-order valence-corrected chi connectivity index (χ4v) is 0.751. The number of carboxylic acids is 1. The van der Waals surface area contributed by atoms with E-state index in [0.717, 1.165) is 6.42 Å². The number of nitrogens with one attached hydrogen (secondary N) is 1. The summed E-state index contributed by atoms with van der Waals surface area (Å²) in [5.74, 6) is -1.15. The molecule has 0 amide bonds. The zero-order valence-corrected chi connectivity index (χ0v) is 10.8. The van der Waals surface area contributed by atoms with Crippen molar-refractivity contribution in [1.82, 2.24) is 5.32 Å². The monoisotopic (exact) mass is 199 g/mol. The van der Waals surface area contributed by atoms with Crippen molar-refractivity contribution < 1.29 is 66.4 Å². The van der Waals surface area contributed by atoms with Gasteiger partial charge in [0, 0.05) is 12.6 Å². The molecule has 0 heterocycles. The molecule has 5 heteroatoms. The van der Waals surface area contributed by atoms with Gasteiger partial charge in [0.1, 0.15) is 0 Å². The molecule has 0 aliphatic heterocycles. The van der Waals surface area contributed by atoms with Crippen LogP contribution in [0.2, 0.25) is 0 Å². The Hall–Kier alpha value is 1.03. The first-order valence-corrected chi connectivity index (χ1v) is 3.77. The van der Waals surface area contributed by atoms with Gasteiger partial charge in [0.15, 0.2) is 0 Å². The molecule has 66 valence electrons. The molecule has 1 atom stereocenters. The fraction of sp³-hybridized carbons (Fsp3) is 0.857. The van der Waals surface area contributed by atoms with Gasteiger partial charge in [0.05, 0.1) is 5.97 Å². The van der Waals surface area contributed by atoms with Crippen LogP contribution >= 0.6 is 0 Å². The number of hydrogen-bond donors (Lipinski definition) is 2. The molecule has 12 heavy (non-hydrogen) atoms. The van der Waals surface area contributed by atoms with E-state index >= 15 is 0 Å². The Morgan fingerprint density at radius 3 is 2.58 bits per heavy atom. The van der Waals surface area contributed by atoms with E-state index < -0.39 is 12.0 Å². The Morgan fingerprint density at radius 2 is 2.25 bits per heavy atom. The van der Waals surface area contributed by atoms with Crippen molar-refractivity contribution in [3.8, 4) is 0 Å². The van der Waals surface area contributed by atoms with E-state index in [1.165, 1.54) is 0 Å². The molecule has 2 N–H and O–H groups in total. The van der Waals surface area contributed by atoms with Crippen LogP contribution in [0, 0.1) is 0 Å². The van der Waals surface area contributed by atoms with Crippen molar-refractivity contribution in [2.24, 2.45) is 0 Å². The first-order valence-electron chi connectivity index (χ1n) is 3.77. The van der Waals surface area contributed by atoms with E-state index in [2.05, 4.69) is 5.32 Å². The molecule has 0 radical (unpaired) electrons. The predicted molar refractivity (Wildman–Crippen MR) is 38.8 cm³/mol. The van der Waals surface area contributed by atoms with E-state index in [1.54, 1.807) is 0 Å². The molecule has 0 aliphatic rings. The first kappa shape index (κ1) is 15.5. The minimum Gasteiger partial charge on any atom is -0.548 e. The van der Waals surface area contributed by atoms with E-state index in [1.807, 2.05) is 6.92 Å². The zero-order valence-electron chi connectivity index (χ0n) is 7.67. The van der Waals surface area contributed by atoms with Gasteiger partial charge in [-0.15, -0.1) is 0 Å². The number of hydrogen-bond acceptors (Lipinski definition) is 4. The Bertz CT molecular complexity index is 121. The van der Waals surface area contributed by atoms with Crippen LogP contribution in [-0.2, 0) is 4.79 Å². The van der Waals surface area contributed by atoms with Crippen molar-refractivity contribution in [3.05, 3.63) is 0 Å². The van der Waals surface area contributed by atoms with Gasteiger partial charge in [0.2, 0.25) is 0 Å². The Labute approximate surface area is 115 Å². The third-order valence-electron chi connectivity index (χ3n) is 1.34. The van der Waals surface area contributed by atoms with Crippen LogP contribution in [0.5, 0.6) is 0 Å². The van der Waals surface area contributed by atoms with E-state index in [9.17, 15) is 9.90 Å². The molecule has 0 fully saturated rings. The second-order valence-corrected chi connectivity index (χ2v) is 2.34. The van der Waals surface area contributed by atoms with Gasteiger partial charge in [-0.25, -0.2) is 0 Å². The summed E-state index contributed by atoms with van der Waals surface area (Å²) in [7, 11) is 0. The molecule has 0 aromatic heterocycles. The maximum absolute atomic E-state index is 10.3. The summed E-state index contributed by atoms with van der Waals surface area (Å²) in [6.07, 6.45) is 1.08. The van der Waals surface area contributed by atoms with Gasteiger partial charge in [0.25, 0.3) is 0 Å². The summed E-state index contributed by atoms with van der Waals surface area (Å²) in [6, 6.07) is -0.708. The minimum atomic E-state index is -1.15. The average molecular weight is 199 g/mol. The van der Waals surface area contributed by atoms with Crippen LogP contribution in [0.4, 0.5) is 0 Å². The minimum absolute atomic E-state index is 0. The van der Waals surface area contributed by atoms with E-state index in [4.69, 9.17) is 5.11 Å². The normalized spacial score (nSPS) is 11.8. The van der Waals surface area contributed by atoms with Gasteiger partial charge in [-0.2, -0.15) is 0 Å². The zero-order chi connectivity index (χ0) is 8.69. The molecular weight excluding hydrogens is 185 g/mol. The summed E-state index contributed by atoms with van der Waals surface area (Å²) < 4.78 is 0. The first-order chi connectivity index (χ1) is 5.22. The maximum atomic E-state index is 10.3. The molecule has 0 saturated carbocycles. The molecule has 0 bridgehead atoms. The van der Waals surface area contributed by atoms with Gasteiger partial charge >= 0.3 is 51.4 Å². The standard InChI is InChI=1S/C7H15NO3.K/c1-2-4-8-6(3-5-9)7(10)11;/h6,8-9H,2-5H2,1H3,(H,10,11);/q;+1/p-1/t6-;/m0./s1. The second kappa shape index (κ2) is 10.1. The molecule has 4 nitrogen and oxygen atoms in total. The van der Waals surface area contributed by atoms with Crippen molar-refractivity contribution in [2.75, 3.05) is 13.2 Å². The van der Waals surface area contributed by atoms with Crippen LogP contribution in [-0.4, -0.2) is 30.3 Å². The molecular formula is C7H14KNO3. The van der Waals surface area contributed by atoms with Crippen molar-refractivity contribution in [3.63, 3.8) is 0 Å². The van der Waals surface area contributed by atoms with Crippen LogP contribution in [0.15, 0.2) is 0 Å². The molecule has 0 saturated heterocycles. The van der Waals surface area contributed by atoms with Crippen molar-refractivity contribution in [2.45, 2.75) is 25.8 Å². The number of carbonyl (C=O) groups excluding carboxylic acids is 1. The van der Waals surface area contributed by atoms with Gasteiger partial charge in [-0.3, -0.25) is 0 Å². The van der Waals surface area contributed by atoms with E-state index in [0.29, 0.717) is 6.54 Å². The number of carbonyl (C=O) groups is 1. The predicted octanol–water partition coefficient (Wildman–Crippen LogP) is -4.51. The molecule has 0 rings (SSSR count). The van der Waals surface area contributed by atoms with E-state index in [-0.39, 0.29) is 64.4 Å². The molecule has 0 aromatic carbocycles. The molecule has 0 aromatic rings. The topological polar surface area (TPSA) is 72.4 Å². The maximum Gasteiger partial charge on any atom is 1.00 e. The summed E-state index contributed by atoms with van der Waals surface area (Å²) >= 11 is 0. The quantitative estimate of drug-likeness (QED) is 0.423. The molecule has 0 unspecified atom stereocenters. The van der Waals surface area contributed by atoms with Crippen molar-refractivity contribution in [1.29, 1.82) is 0 Å². The summed E-state index contributed by atoms with van der Waals surface area (Å²) in [6.45, 7) is 2.45. The average Bonchev–Trinajstić information content (AvgIpc) is 1.97. The number of carboxylic acid groups (broad SMARTS) is 1.